The fourth-order valence-electron chi connectivity index (χ4n) is 2.57. The Labute approximate surface area is 140 Å². The van der Waals surface area contributed by atoms with E-state index in [4.69, 9.17) is 11.6 Å². The summed E-state index contributed by atoms with van der Waals surface area (Å²) in [6.07, 6.45) is 5.53. The molecule has 1 aromatic carbocycles. The molecular weight excluding hydrogens is 312 g/mol. The Bertz CT molecular complexity index is 664. The Morgan fingerprint density at radius 1 is 1.17 bits per heavy atom. The molecule has 0 unspecified atom stereocenters. The van der Waals surface area contributed by atoms with E-state index in [2.05, 4.69) is 27.1 Å². The van der Waals surface area contributed by atoms with E-state index in [0.717, 1.165) is 24.8 Å². The smallest absolute Gasteiger partial charge is 0.275 e. The lowest BCUT2D eigenvalue weighted by Crippen LogP contribution is -2.33. The molecule has 1 saturated heterocycles. The molecule has 1 aromatic heterocycles. The molecule has 23 heavy (non-hydrogen) atoms. The quantitative estimate of drug-likeness (QED) is 0.933. The van der Waals surface area contributed by atoms with Crippen molar-refractivity contribution in [2.75, 3.05) is 23.3 Å². The van der Waals surface area contributed by atoms with Crippen molar-refractivity contribution in [3.8, 4) is 0 Å². The van der Waals surface area contributed by atoms with Crippen LogP contribution >= 0.6 is 11.6 Å². The van der Waals surface area contributed by atoms with Crippen molar-refractivity contribution < 1.29 is 4.79 Å². The standard InChI is InChI=1S/C17H19ClN4O/c1-12-6-8-22(9-7-12)16-11-19-15(10-20-16)17(23)21-14-4-2-13(18)3-5-14/h2-5,10-12H,6-9H2,1H3,(H,21,23). The third-order valence-electron chi connectivity index (χ3n) is 4.08. The van der Waals surface area contributed by atoms with Gasteiger partial charge in [0.25, 0.3) is 5.91 Å². The minimum atomic E-state index is -0.279. The number of amides is 1. The van der Waals surface area contributed by atoms with E-state index in [1.54, 1.807) is 30.5 Å². The first-order chi connectivity index (χ1) is 11.1. The van der Waals surface area contributed by atoms with Crippen molar-refractivity contribution in [1.82, 2.24) is 9.97 Å². The van der Waals surface area contributed by atoms with Crippen molar-refractivity contribution in [2.24, 2.45) is 5.92 Å². The molecule has 3 rings (SSSR count). The van der Waals surface area contributed by atoms with Crippen LogP contribution < -0.4 is 10.2 Å². The maximum Gasteiger partial charge on any atom is 0.275 e. The van der Waals surface area contributed by atoms with Gasteiger partial charge in [-0.3, -0.25) is 4.79 Å². The van der Waals surface area contributed by atoms with Crippen molar-refractivity contribution in [2.45, 2.75) is 19.8 Å². The summed E-state index contributed by atoms with van der Waals surface area (Å²) in [5.74, 6) is 1.32. The number of anilines is 2. The Hall–Kier alpha value is -2.14. The number of hydrogen-bond donors (Lipinski definition) is 1. The summed E-state index contributed by atoms with van der Waals surface area (Å²) in [4.78, 5) is 23.0. The van der Waals surface area contributed by atoms with E-state index in [-0.39, 0.29) is 5.91 Å². The first-order valence-electron chi connectivity index (χ1n) is 7.76. The van der Waals surface area contributed by atoms with Crippen molar-refractivity contribution in [3.05, 3.63) is 47.4 Å². The Morgan fingerprint density at radius 3 is 2.48 bits per heavy atom. The highest BCUT2D eigenvalue weighted by atomic mass is 35.5. The zero-order chi connectivity index (χ0) is 16.2. The maximum atomic E-state index is 12.2. The summed E-state index contributed by atoms with van der Waals surface area (Å²) < 4.78 is 0. The zero-order valence-electron chi connectivity index (χ0n) is 13.0. The van der Waals surface area contributed by atoms with Crippen LogP contribution in [0.2, 0.25) is 5.02 Å². The number of piperidine rings is 1. The highest BCUT2D eigenvalue weighted by molar-refractivity contribution is 6.30. The first kappa shape index (κ1) is 15.7. The van der Waals surface area contributed by atoms with Gasteiger partial charge < -0.3 is 10.2 Å². The van der Waals surface area contributed by atoms with Crippen LogP contribution in [0.1, 0.15) is 30.3 Å². The topological polar surface area (TPSA) is 58.1 Å². The van der Waals surface area contributed by atoms with E-state index in [0.29, 0.717) is 16.4 Å². The largest absolute Gasteiger partial charge is 0.355 e. The van der Waals surface area contributed by atoms with Gasteiger partial charge in [0.05, 0.1) is 12.4 Å². The lowest BCUT2D eigenvalue weighted by Gasteiger charge is -2.30. The second kappa shape index (κ2) is 6.96. The van der Waals surface area contributed by atoms with E-state index >= 15 is 0 Å². The molecule has 0 atom stereocenters. The summed E-state index contributed by atoms with van der Waals surface area (Å²) in [5, 5.41) is 3.40. The van der Waals surface area contributed by atoms with E-state index in [1.165, 1.54) is 19.0 Å². The molecule has 5 nitrogen and oxygen atoms in total. The Kier molecular flexibility index (Phi) is 4.76. The summed E-state index contributed by atoms with van der Waals surface area (Å²) in [5.41, 5.74) is 0.976. The number of nitrogens with one attached hydrogen (secondary N) is 1. The second-order valence-corrected chi connectivity index (χ2v) is 6.33. The molecule has 0 saturated carbocycles. The molecule has 2 aromatic rings. The predicted octanol–water partition coefficient (Wildman–Crippen LogP) is 3.62. The van der Waals surface area contributed by atoms with Crippen molar-refractivity contribution in [3.63, 3.8) is 0 Å². The molecule has 1 aliphatic heterocycles. The number of carbonyl (C=O) groups is 1. The molecule has 0 aliphatic carbocycles. The summed E-state index contributed by atoms with van der Waals surface area (Å²) in [7, 11) is 0. The van der Waals surface area contributed by atoms with Gasteiger partial charge in [0.2, 0.25) is 0 Å². The highest BCUT2D eigenvalue weighted by Crippen LogP contribution is 2.20. The third-order valence-corrected chi connectivity index (χ3v) is 4.33. The normalized spacial score (nSPS) is 15.5. The van der Waals surface area contributed by atoms with Gasteiger partial charge in [-0.1, -0.05) is 18.5 Å². The van der Waals surface area contributed by atoms with Gasteiger partial charge in [-0.15, -0.1) is 0 Å². The fourth-order valence-corrected chi connectivity index (χ4v) is 2.69. The van der Waals surface area contributed by atoms with Gasteiger partial charge >= 0.3 is 0 Å². The maximum absolute atomic E-state index is 12.2. The summed E-state index contributed by atoms with van der Waals surface area (Å²) >= 11 is 5.83. The number of nitrogens with zero attached hydrogens (tertiary/aromatic N) is 3. The molecular formula is C17H19ClN4O. The van der Waals surface area contributed by atoms with E-state index in [1.807, 2.05) is 0 Å². The molecule has 0 spiro atoms. The molecule has 1 fully saturated rings. The summed E-state index contributed by atoms with van der Waals surface area (Å²) in [6.45, 7) is 4.26. The molecule has 1 N–H and O–H groups in total. The van der Waals surface area contributed by atoms with Gasteiger partial charge in [0.1, 0.15) is 11.5 Å². The van der Waals surface area contributed by atoms with Gasteiger partial charge in [0, 0.05) is 23.8 Å². The predicted molar refractivity (Wildman–Crippen MR) is 92.0 cm³/mol. The van der Waals surface area contributed by atoms with Crippen LogP contribution in [0.3, 0.4) is 0 Å². The molecule has 120 valence electrons. The number of aromatic nitrogens is 2. The van der Waals surface area contributed by atoms with Crippen LogP contribution in [0.5, 0.6) is 0 Å². The minimum absolute atomic E-state index is 0.279. The number of carbonyl (C=O) groups excluding carboxylic acids is 1. The molecule has 1 aliphatic rings. The SMILES string of the molecule is CC1CCN(c2cnc(C(=O)Nc3ccc(Cl)cc3)cn2)CC1. The van der Waals surface area contributed by atoms with Crippen LogP contribution in [0.4, 0.5) is 11.5 Å². The van der Waals surface area contributed by atoms with E-state index in [9.17, 15) is 4.79 Å². The van der Waals surface area contributed by atoms with Crippen LogP contribution in [0.25, 0.3) is 0 Å². The van der Waals surface area contributed by atoms with Crippen molar-refractivity contribution in [1.29, 1.82) is 0 Å². The number of halogens is 1. The monoisotopic (exact) mass is 330 g/mol. The first-order valence-corrected chi connectivity index (χ1v) is 8.13. The van der Waals surface area contributed by atoms with Gasteiger partial charge in [0.15, 0.2) is 0 Å². The van der Waals surface area contributed by atoms with Crippen LogP contribution in [-0.4, -0.2) is 29.0 Å². The van der Waals surface area contributed by atoms with Crippen LogP contribution in [0, 0.1) is 5.92 Å². The number of hydrogen-bond acceptors (Lipinski definition) is 4. The average Bonchev–Trinajstić information content (AvgIpc) is 2.58. The van der Waals surface area contributed by atoms with Gasteiger partial charge in [-0.2, -0.15) is 0 Å². The Balaban J connectivity index is 1.64. The fraction of sp³-hybridized carbons (Fsp3) is 0.353. The van der Waals surface area contributed by atoms with Crippen molar-refractivity contribution >= 4 is 29.0 Å². The average molecular weight is 331 g/mol. The van der Waals surface area contributed by atoms with E-state index < -0.39 is 0 Å². The van der Waals surface area contributed by atoms with Gasteiger partial charge in [-0.05, 0) is 43.0 Å². The van der Waals surface area contributed by atoms with Crippen LogP contribution in [0.15, 0.2) is 36.7 Å². The number of rotatable bonds is 3. The number of benzene rings is 1. The molecule has 6 heteroatoms. The lowest BCUT2D eigenvalue weighted by atomic mass is 9.99. The minimum Gasteiger partial charge on any atom is -0.355 e. The summed E-state index contributed by atoms with van der Waals surface area (Å²) in [6, 6.07) is 6.94. The lowest BCUT2D eigenvalue weighted by molar-refractivity contribution is 0.102. The zero-order valence-corrected chi connectivity index (χ0v) is 13.8. The molecule has 0 bridgehead atoms. The highest BCUT2D eigenvalue weighted by Gasteiger charge is 2.17. The Morgan fingerprint density at radius 2 is 1.87 bits per heavy atom. The second-order valence-electron chi connectivity index (χ2n) is 5.89. The molecule has 1 amide bonds. The molecule has 0 radical (unpaired) electrons. The van der Waals surface area contributed by atoms with Gasteiger partial charge in [-0.25, -0.2) is 9.97 Å². The third kappa shape index (κ3) is 3.99. The van der Waals surface area contributed by atoms with Crippen LogP contribution in [-0.2, 0) is 0 Å². The molecule has 2 heterocycles.